The summed E-state index contributed by atoms with van der Waals surface area (Å²) in [6.45, 7) is 5.52. The van der Waals surface area contributed by atoms with E-state index in [0.29, 0.717) is 12.5 Å². The van der Waals surface area contributed by atoms with E-state index in [-0.39, 0.29) is 0 Å². The Morgan fingerprint density at radius 3 is 2.89 bits per heavy atom. The van der Waals surface area contributed by atoms with Crippen LogP contribution in [0, 0.1) is 0 Å². The molecule has 1 fully saturated rings. The molecule has 0 spiro atoms. The highest BCUT2D eigenvalue weighted by molar-refractivity contribution is 5.80. The van der Waals surface area contributed by atoms with Crippen LogP contribution in [0.1, 0.15) is 30.7 Å². The highest BCUT2D eigenvalue weighted by atomic mass is 15.3. The minimum Gasteiger partial charge on any atom is -0.357 e. The fourth-order valence-corrected chi connectivity index (χ4v) is 3.78. The molecule has 3 aromatic rings. The van der Waals surface area contributed by atoms with Gasteiger partial charge in [-0.3, -0.25) is 4.68 Å². The van der Waals surface area contributed by atoms with Gasteiger partial charge in [-0.05, 0) is 31.0 Å². The second-order valence-corrected chi connectivity index (χ2v) is 7.12. The molecule has 1 unspecified atom stereocenters. The second kappa shape index (κ2) is 7.42. The number of para-hydroxylation sites is 2. The average Bonchev–Trinajstić information content (AvgIpc) is 3.38. The van der Waals surface area contributed by atoms with Crippen LogP contribution < -0.4 is 5.32 Å². The van der Waals surface area contributed by atoms with Gasteiger partial charge in [0, 0.05) is 45.8 Å². The van der Waals surface area contributed by atoms with E-state index in [1.807, 2.05) is 36.1 Å². The van der Waals surface area contributed by atoms with E-state index in [1.165, 1.54) is 5.56 Å². The largest absolute Gasteiger partial charge is 0.357 e. The first-order valence-corrected chi connectivity index (χ1v) is 9.58. The van der Waals surface area contributed by atoms with Crippen LogP contribution in [0.3, 0.4) is 0 Å². The van der Waals surface area contributed by atoms with E-state index in [1.54, 1.807) is 0 Å². The highest BCUT2D eigenvalue weighted by Crippen LogP contribution is 2.26. The number of aliphatic imine (C=N–C) groups is 1. The second-order valence-electron chi connectivity index (χ2n) is 7.12. The normalized spacial score (nSPS) is 17.8. The zero-order valence-electron chi connectivity index (χ0n) is 16.3. The van der Waals surface area contributed by atoms with Crippen molar-refractivity contribution in [3.05, 3.63) is 48.0 Å². The van der Waals surface area contributed by atoms with Crippen molar-refractivity contribution in [2.24, 2.45) is 19.1 Å². The van der Waals surface area contributed by atoms with Gasteiger partial charge in [0.1, 0.15) is 12.4 Å². The van der Waals surface area contributed by atoms with Crippen molar-refractivity contribution < 1.29 is 0 Å². The SMILES string of the molecule is CCNC(=NCc1nc2ccccc2n1C)N1CCC(c2cnn(C)c2)C1. The number of fused-ring (bicyclic) bond motifs is 1. The molecule has 1 aromatic carbocycles. The topological polar surface area (TPSA) is 63.3 Å². The van der Waals surface area contributed by atoms with Gasteiger partial charge >= 0.3 is 0 Å². The van der Waals surface area contributed by atoms with Crippen molar-refractivity contribution >= 4 is 17.0 Å². The minimum absolute atomic E-state index is 0.512. The summed E-state index contributed by atoms with van der Waals surface area (Å²) in [6, 6.07) is 8.21. The first-order valence-electron chi connectivity index (χ1n) is 9.58. The van der Waals surface area contributed by atoms with Crippen LogP contribution in [0.4, 0.5) is 0 Å². The standard InChI is InChI=1S/C20H27N7/c1-4-21-20(27-10-9-15(14-27)16-11-23-25(2)13-16)22-12-19-24-17-7-5-6-8-18(17)26(19)3/h5-8,11,13,15H,4,9-10,12,14H2,1-3H3,(H,21,22). The Morgan fingerprint density at radius 2 is 2.15 bits per heavy atom. The monoisotopic (exact) mass is 365 g/mol. The number of aryl methyl sites for hydroxylation is 2. The zero-order chi connectivity index (χ0) is 18.8. The quantitative estimate of drug-likeness (QED) is 0.569. The van der Waals surface area contributed by atoms with Crippen LogP contribution in [0.5, 0.6) is 0 Å². The minimum atomic E-state index is 0.512. The lowest BCUT2D eigenvalue weighted by Crippen LogP contribution is -2.40. The van der Waals surface area contributed by atoms with Gasteiger partial charge in [-0.25, -0.2) is 9.98 Å². The average molecular weight is 365 g/mol. The van der Waals surface area contributed by atoms with Crippen LogP contribution in [-0.4, -0.2) is 49.8 Å². The zero-order valence-corrected chi connectivity index (χ0v) is 16.3. The number of benzene rings is 1. The van der Waals surface area contributed by atoms with Crippen LogP contribution >= 0.6 is 0 Å². The molecular formula is C20H27N7. The van der Waals surface area contributed by atoms with Gasteiger partial charge in [-0.2, -0.15) is 5.10 Å². The number of aromatic nitrogens is 4. The summed E-state index contributed by atoms with van der Waals surface area (Å²) in [5, 5.41) is 7.76. The molecule has 1 N–H and O–H groups in total. The maximum absolute atomic E-state index is 4.88. The van der Waals surface area contributed by atoms with Crippen LogP contribution in [0.15, 0.2) is 41.7 Å². The van der Waals surface area contributed by atoms with Crippen molar-refractivity contribution in [3.63, 3.8) is 0 Å². The predicted molar refractivity (Wildman–Crippen MR) is 108 cm³/mol. The Bertz CT molecular complexity index is 952. The third-order valence-electron chi connectivity index (χ3n) is 5.27. The molecule has 27 heavy (non-hydrogen) atoms. The first kappa shape index (κ1) is 17.6. The van der Waals surface area contributed by atoms with E-state index in [4.69, 9.17) is 9.98 Å². The van der Waals surface area contributed by atoms with Crippen molar-refractivity contribution in [2.45, 2.75) is 25.8 Å². The summed E-state index contributed by atoms with van der Waals surface area (Å²) < 4.78 is 4.01. The molecule has 1 aliphatic rings. The molecule has 7 heteroatoms. The molecule has 1 aliphatic heterocycles. The van der Waals surface area contributed by atoms with Gasteiger partial charge in [0.05, 0.1) is 17.2 Å². The third-order valence-corrected chi connectivity index (χ3v) is 5.27. The Morgan fingerprint density at radius 1 is 1.30 bits per heavy atom. The fraction of sp³-hybridized carbons (Fsp3) is 0.450. The Labute approximate surface area is 159 Å². The Hall–Kier alpha value is -2.83. The smallest absolute Gasteiger partial charge is 0.194 e. The van der Waals surface area contributed by atoms with Gasteiger partial charge in [0.2, 0.25) is 0 Å². The summed E-state index contributed by atoms with van der Waals surface area (Å²) in [5.41, 5.74) is 3.48. The molecule has 0 radical (unpaired) electrons. The lowest BCUT2D eigenvalue weighted by Gasteiger charge is -2.21. The van der Waals surface area contributed by atoms with E-state index in [2.05, 4.69) is 46.1 Å². The number of imidazole rings is 1. The summed E-state index contributed by atoms with van der Waals surface area (Å²) in [5.74, 6) is 2.46. The molecule has 1 atom stereocenters. The number of guanidine groups is 1. The lowest BCUT2D eigenvalue weighted by atomic mass is 10.0. The van der Waals surface area contributed by atoms with Gasteiger partial charge in [-0.15, -0.1) is 0 Å². The van der Waals surface area contributed by atoms with Gasteiger partial charge in [0.15, 0.2) is 5.96 Å². The van der Waals surface area contributed by atoms with Gasteiger partial charge < -0.3 is 14.8 Å². The molecule has 1 saturated heterocycles. The Balaban J connectivity index is 1.51. The van der Waals surface area contributed by atoms with Crippen LogP contribution in [0.2, 0.25) is 0 Å². The molecule has 3 heterocycles. The number of hydrogen-bond acceptors (Lipinski definition) is 3. The van der Waals surface area contributed by atoms with Gasteiger partial charge in [-0.1, -0.05) is 12.1 Å². The molecule has 0 aliphatic carbocycles. The van der Waals surface area contributed by atoms with E-state index >= 15 is 0 Å². The molecule has 0 saturated carbocycles. The molecule has 0 amide bonds. The molecule has 4 rings (SSSR count). The predicted octanol–water partition coefficient (Wildman–Crippen LogP) is 2.26. The first-order chi connectivity index (χ1) is 13.2. The number of likely N-dealkylation sites (tertiary alicyclic amines) is 1. The summed E-state index contributed by atoms with van der Waals surface area (Å²) >= 11 is 0. The third kappa shape index (κ3) is 3.54. The lowest BCUT2D eigenvalue weighted by molar-refractivity contribution is 0.485. The number of nitrogens with zero attached hydrogens (tertiary/aromatic N) is 6. The number of rotatable bonds is 4. The molecule has 2 aromatic heterocycles. The molecular weight excluding hydrogens is 338 g/mol. The van der Waals surface area contributed by atoms with E-state index in [0.717, 1.165) is 48.9 Å². The van der Waals surface area contributed by atoms with Crippen molar-refractivity contribution in [1.29, 1.82) is 0 Å². The molecule has 0 bridgehead atoms. The molecule has 142 valence electrons. The van der Waals surface area contributed by atoms with Gasteiger partial charge in [0.25, 0.3) is 0 Å². The van der Waals surface area contributed by atoms with E-state index in [9.17, 15) is 0 Å². The number of nitrogens with one attached hydrogen (secondary N) is 1. The fourth-order valence-electron chi connectivity index (χ4n) is 3.78. The van der Waals surface area contributed by atoms with E-state index < -0.39 is 0 Å². The van der Waals surface area contributed by atoms with Crippen molar-refractivity contribution in [2.75, 3.05) is 19.6 Å². The van der Waals surface area contributed by atoms with Crippen molar-refractivity contribution in [3.8, 4) is 0 Å². The van der Waals surface area contributed by atoms with Crippen molar-refractivity contribution in [1.82, 2.24) is 29.5 Å². The Kier molecular flexibility index (Phi) is 4.83. The van der Waals surface area contributed by atoms with Crippen LogP contribution in [-0.2, 0) is 20.6 Å². The summed E-state index contributed by atoms with van der Waals surface area (Å²) in [6.07, 6.45) is 5.23. The maximum atomic E-state index is 4.88. The maximum Gasteiger partial charge on any atom is 0.194 e. The van der Waals surface area contributed by atoms with Crippen LogP contribution in [0.25, 0.3) is 11.0 Å². The summed E-state index contributed by atoms with van der Waals surface area (Å²) in [7, 11) is 4.03. The summed E-state index contributed by atoms with van der Waals surface area (Å²) in [4.78, 5) is 12.0. The highest BCUT2D eigenvalue weighted by Gasteiger charge is 2.27. The number of hydrogen-bond donors (Lipinski definition) is 1. The molecule has 7 nitrogen and oxygen atoms in total.